The quantitative estimate of drug-likeness (QED) is 0.891. The first-order valence-corrected chi connectivity index (χ1v) is 8.84. The zero-order valence-corrected chi connectivity index (χ0v) is 14.8. The number of anilines is 1. The minimum Gasteiger partial charge on any atom is -0.390 e. The topological polar surface area (TPSA) is 61.7 Å². The summed E-state index contributed by atoms with van der Waals surface area (Å²) < 4.78 is 5.35. The number of morpholine rings is 1. The minimum absolute atomic E-state index is 0.414. The lowest BCUT2D eigenvalue weighted by atomic mass is 10.2. The van der Waals surface area contributed by atoms with Crippen LogP contribution >= 0.6 is 11.3 Å². The van der Waals surface area contributed by atoms with Crippen molar-refractivity contribution in [1.29, 1.82) is 0 Å². The van der Waals surface area contributed by atoms with Crippen molar-refractivity contribution in [2.45, 2.75) is 20.0 Å². The zero-order valence-electron chi connectivity index (χ0n) is 13.9. The van der Waals surface area contributed by atoms with Crippen LogP contribution in [0.25, 0.3) is 10.2 Å². The number of aromatic nitrogens is 2. The molecule has 1 N–H and O–H groups in total. The average molecular weight is 336 g/mol. The number of ether oxygens (including phenoxy) is 1. The van der Waals surface area contributed by atoms with E-state index in [1.54, 1.807) is 11.3 Å². The lowest BCUT2D eigenvalue weighted by Gasteiger charge is -2.30. The summed E-state index contributed by atoms with van der Waals surface area (Å²) in [5, 5.41) is 13.6. The third kappa shape index (κ3) is 3.80. The summed E-state index contributed by atoms with van der Waals surface area (Å²) in [7, 11) is 1.99. The molecule has 3 heterocycles. The van der Waals surface area contributed by atoms with Crippen LogP contribution in [0.2, 0.25) is 0 Å². The Morgan fingerprint density at radius 2 is 2.09 bits per heavy atom. The average Bonchev–Trinajstić information content (AvgIpc) is 2.88. The standard InChI is InChI=1S/C16H24N4O2S/c1-11-10-23-16-14(11)15(17-12(2)18-16)19(3)8-13(21)9-20-4-6-22-7-5-20/h10,13,21H,4-9H2,1-3H3. The number of aryl methyl sites for hydroxylation is 2. The third-order valence-corrected chi connectivity index (χ3v) is 5.12. The van der Waals surface area contributed by atoms with E-state index in [0.29, 0.717) is 13.1 Å². The monoisotopic (exact) mass is 336 g/mol. The van der Waals surface area contributed by atoms with Crippen LogP contribution in [0.4, 0.5) is 5.82 Å². The van der Waals surface area contributed by atoms with E-state index >= 15 is 0 Å². The molecular formula is C16H24N4O2S. The zero-order chi connectivity index (χ0) is 16.4. The number of thiophene rings is 1. The number of fused-ring (bicyclic) bond motifs is 1. The number of likely N-dealkylation sites (N-methyl/N-ethyl adjacent to an activating group) is 1. The van der Waals surface area contributed by atoms with Crippen LogP contribution < -0.4 is 4.90 Å². The van der Waals surface area contributed by atoms with Crippen LogP contribution in [-0.4, -0.2) is 72.5 Å². The second kappa shape index (κ2) is 7.09. The molecule has 1 aliphatic rings. The van der Waals surface area contributed by atoms with Crippen molar-refractivity contribution in [3.8, 4) is 0 Å². The van der Waals surface area contributed by atoms with Crippen molar-refractivity contribution >= 4 is 27.4 Å². The molecule has 0 spiro atoms. The summed E-state index contributed by atoms with van der Waals surface area (Å²) in [5.74, 6) is 1.68. The smallest absolute Gasteiger partial charge is 0.141 e. The Bertz CT molecular complexity index is 669. The van der Waals surface area contributed by atoms with Gasteiger partial charge in [0, 0.05) is 33.2 Å². The van der Waals surface area contributed by atoms with Gasteiger partial charge < -0.3 is 14.7 Å². The van der Waals surface area contributed by atoms with Crippen LogP contribution in [0.3, 0.4) is 0 Å². The molecule has 7 heteroatoms. The number of rotatable bonds is 5. The number of nitrogens with zero attached hydrogens (tertiary/aromatic N) is 4. The highest BCUT2D eigenvalue weighted by Crippen LogP contribution is 2.31. The van der Waals surface area contributed by atoms with E-state index in [1.165, 1.54) is 5.56 Å². The molecule has 0 amide bonds. The molecule has 1 fully saturated rings. The van der Waals surface area contributed by atoms with Gasteiger partial charge in [0.1, 0.15) is 16.5 Å². The predicted molar refractivity (Wildman–Crippen MR) is 93.4 cm³/mol. The van der Waals surface area contributed by atoms with Crippen LogP contribution in [0.1, 0.15) is 11.4 Å². The van der Waals surface area contributed by atoms with E-state index in [9.17, 15) is 5.11 Å². The van der Waals surface area contributed by atoms with Crippen molar-refractivity contribution < 1.29 is 9.84 Å². The van der Waals surface area contributed by atoms with Crippen molar-refractivity contribution in [2.24, 2.45) is 0 Å². The fourth-order valence-corrected chi connectivity index (χ4v) is 3.95. The van der Waals surface area contributed by atoms with E-state index < -0.39 is 6.10 Å². The highest BCUT2D eigenvalue weighted by molar-refractivity contribution is 7.17. The number of hydrogen-bond donors (Lipinski definition) is 1. The SMILES string of the molecule is Cc1nc(N(C)CC(O)CN2CCOCC2)c2c(C)csc2n1. The van der Waals surface area contributed by atoms with Gasteiger partial charge in [0.25, 0.3) is 0 Å². The van der Waals surface area contributed by atoms with Gasteiger partial charge in [0.15, 0.2) is 0 Å². The summed E-state index contributed by atoms with van der Waals surface area (Å²) >= 11 is 1.64. The lowest BCUT2D eigenvalue weighted by Crippen LogP contribution is -2.44. The van der Waals surface area contributed by atoms with Gasteiger partial charge in [-0.25, -0.2) is 9.97 Å². The molecule has 0 aliphatic carbocycles. The molecule has 0 saturated carbocycles. The van der Waals surface area contributed by atoms with Gasteiger partial charge in [-0.1, -0.05) is 0 Å². The van der Waals surface area contributed by atoms with E-state index in [1.807, 2.05) is 18.9 Å². The Hall–Kier alpha value is -1.28. The first-order valence-electron chi connectivity index (χ1n) is 7.96. The summed E-state index contributed by atoms with van der Waals surface area (Å²) in [4.78, 5) is 14.4. The maximum atomic E-state index is 10.4. The normalized spacial score (nSPS) is 17.6. The fraction of sp³-hybridized carbons (Fsp3) is 0.625. The maximum Gasteiger partial charge on any atom is 0.141 e. The van der Waals surface area contributed by atoms with E-state index in [4.69, 9.17) is 4.74 Å². The molecule has 1 saturated heterocycles. The van der Waals surface area contributed by atoms with Gasteiger partial charge in [0.2, 0.25) is 0 Å². The Balaban J connectivity index is 1.72. The van der Waals surface area contributed by atoms with Crippen LogP contribution in [0, 0.1) is 13.8 Å². The summed E-state index contributed by atoms with van der Waals surface area (Å²) in [6.07, 6.45) is -0.414. The first-order chi connectivity index (χ1) is 11.0. The molecular weight excluding hydrogens is 312 g/mol. The van der Waals surface area contributed by atoms with E-state index in [-0.39, 0.29) is 0 Å². The molecule has 1 aliphatic heterocycles. The molecule has 3 rings (SSSR count). The number of aliphatic hydroxyl groups excluding tert-OH is 1. The molecule has 0 bridgehead atoms. The van der Waals surface area contributed by atoms with Gasteiger partial charge in [-0.2, -0.15) is 0 Å². The Morgan fingerprint density at radius 1 is 1.35 bits per heavy atom. The molecule has 2 aromatic heterocycles. The second-order valence-corrected chi connectivity index (χ2v) is 7.00. The van der Waals surface area contributed by atoms with Gasteiger partial charge in [-0.05, 0) is 24.8 Å². The molecule has 1 atom stereocenters. The van der Waals surface area contributed by atoms with Crippen molar-refractivity contribution in [2.75, 3.05) is 51.3 Å². The molecule has 0 radical (unpaired) electrons. The highest BCUT2D eigenvalue weighted by Gasteiger charge is 2.19. The Morgan fingerprint density at radius 3 is 2.83 bits per heavy atom. The van der Waals surface area contributed by atoms with Crippen molar-refractivity contribution in [3.63, 3.8) is 0 Å². The maximum absolute atomic E-state index is 10.4. The first kappa shape index (κ1) is 16.6. The van der Waals surface area contributed by atoms with Gasteiger partial charge in [0.05, 0.1) is 24.7 Å². The molecule has 6 nitrogen and oxygen atoms in total. The molecule has 126 valence electrons. The van der Waals surface area contributed by atoms with Crippen molar-refractivity contribution in [3.05, 3.63) is 16.8 Å². The lowest BCUT2D eigenvalue weighted by molar-refractivity contribution is 0.0162. The fourth-order valence-electron chi connectivity index (χ4n) is 2.98. The van der Waals surface area contributed by atoms with Gasteiger partial charge in [-0.15, -0.1) is 11.3 Å². The second-order valence-electron chi connectivity index (χ2n) is 6.14. The van der Waals surface area contributed by atoms with Crippen LogP contribution in [0.15, 0.2) is 5.38 Å². The highest BCUT2D eigenvalue weighted by atomic mass is 32.1. The number of β-amino-alcohol motifs (C(OH)–C–C–N with tert-alkyl or cyclic N) is 1. The number of aliphatic hydroxyl groups is 1. The molecule has 2 aromatic rings. The Labute approximate surface area is 140 Å². The van der Waals surface area contributed by atoms with E-state index in [2.05, 4.69) is 27.2 Å². The summed E-state index contributed by atoms with van der Waals surface area (Å²) in [6.45, 7) is 8.50. The minimum atomic E-state index is -0.414. The van der Waals surface area contributed by atoms with Crippen molar-refractivity contribution in [1.82, 2.24) is 14.9 Å². The predicted octanol–water partition coefficient (Wildman–Crippen LogP) is 1.44. The van der Waals surface area contributed by atoms with Crippen LogP contribution in [0.5, 0.6) is 0 Å². The molecule has 23 heavy (non-hydrogen) atoms. The number of hydrogen-bond acceptors (Lipinski definition) is 7. The largest absolute Gasteiger partial charge is 0.390 e. The van der Waals surface area contributed by atoms with E-state index in [0.717, 1.165) is 48.2 Å². The van der Waals surface area contributed by atoms with Gasteiger partial charge >= 0.3 is 0 Å². The van der Waals surface area contributed by atoms with Crippen LogP contribution in [-0.2, 0) is 4.74 Å². The Kier molecular flexibility index (Phi) is 5.11. The molecule has 1 unspecified atom stereocenters. The summed E-state index contributed by atoms with van der Waals surface area (Å²) in [6, 6.07) is 0. The van der Waals surface area contributed by atoms with Gasteiger partial charge in [-0.3, -0.25) is 4.90 Å². The molecule has 0 aromatic carbocycles. The summed E-state index contributed by atoms with van der Waals surface area (Å²) in [5.41, 5.74) is 1.19. The third-order valence-electron chi connectivity index (χ3n) is 4.13.